The van der Waals surface area contributed by atoms with E-state index in [1.165, 1.54) is 0 Å². The van der Waals surface area contributed by atoms with Crippen LogP contribution in [0.2, 0.25) is 0 Å². The zero-order valence-electron chi connectivity index (χ0n) is 7.58. The van der Waals surface area contributed by atoms with Gasteiger partial charge in [0.05, 0.1) is 19.8 Å². The van der Waals surface area contributed by atoms with Crippen molar-refractivity contribution in [2.75, 3.05) is 19.8 Å². The molecule has 0 radical (unpaired) electrons. The zero-order chi connectivity index (χ0) is 8.86. The van der Waals surface area contributed by atoms with Crippen molar-refractivity contribution in [2.45, 2.75) is 25.6 Å². The first kappa shape index (κ1) is 9.71. The van der Waals surface area contributed by atoms with Gasteiger partial charge in [0, 0.05) is 0 Å². The van der Waals surface area contributed by atoms with Gasteiger partial charge in [-0.25, -0.2) is 0 Å². The number of hydrogen-bond acceptors (Lipinski definition) is 3. The van der Waals surface area contributed by atoms with Gasteiger partial charge >= 0.3 is 0 Å². The largest absolute Gasteiger partial charge is 0.343 e. The molecular weight excluding hydrogens is 154 g/mol. The van der Waals surface area contributed by atoms with Crippen molar-refractivity contribution in [2.24, 2.45) is 5.73 Å². The van der Waals surface area contributed by atoms with Crippen molar-refractivity contribution in [3.8, 4) is 0 Å². The van der Waals surface area contributed by atoms with E-state index in [2.05, 4.69) is 13.0 Å². The summed E-state index contributed by atoms with van der Waals surface area (Å²) in [6.45, 7) is 3.82. The first-order valence-electron chi connectivity index (χ1n) is 4.48. The van der Waals surface area contributed by atoms with E-state index in [0.29, 0.717) is 19.8 Å². The van der Waals surface area contributed by atoms with Gasteiger partial charge in [-0.1, -0.05) is 19.4 Å². The molecule has 1 heterocycles. The highest BCUT2D eigenvalue weighted by Gasteiger charge is 2.31. The minimum absolute atomic E-state index is 0.396. The van der Waals surface area contributed by atoms with Crippen LogP contribution in [0.25, 0.3) is 0 Å². The fraction of sp³-hybridized carbons (Fsp3) is 0.778. The monoisotopic (exact) mass is 171 g/mol. The molecule has 0 amide bonds. The fourth-order valence-electron chi connectivity index (χ4n) is 1.18. The topological polar surface area (TPSA) is 44.5 Å². The van der Waals surface area contributed by atoms with Crippen LogP contribution in [0.4, 0.5) is 0 Å². The molecule has 1 aliphatic heterocycles. The molecule has 0 unspecified atom stereocenters. The highest BCUT2D eigenvalue weighted by atomic mass is 16.7. The second-order valence-electron chi connectivity index (χ2n) is 2.90. The summed E-state index contributed by atoms with van der Waals surface area (Å²) in [7, 11) is 0. The molecule has 3 heteroatoms. The summed E-state index contributed by atoms with van der Waals surface area (Å²) in [6.07, 6.45) is 6.19. The Bertz CT molecular complexity index is 151. The van der Waals surface area contributed by atoms with Crippen molar-refractivity contribution in [3.05, 3.63) is 12.2 Å². The number of rotatable bonds is 4. The Morgan fingerprint density at radius 3 is 2.58 bits per heavy atom. The van der Waals surface area contributed by atoms with E-state index in [-0.39, 0.29) is 0 Å². The van der Waals surface area contributed by atoms with Crippen molar-refractivity contribution < 1.29 is 9.47 Å². The zero-order valence-corrected chi connectivity index (χ0v) is 7.58. The summed E-state index contributed by atoms with van der Waals surface area (Å²) in [5.41, 5.74) is 5.55. The Hall–Kier alpha value is -0.380. The van der Waals surface area contributed by atoms with Crippen molar-refractivity contribution in [1.29, 1.82) is 0 Å². The first-order chi connectivity index (χ1) is 5.83. The van der Waals surface area contributed by atoms with Gasteiger partial charge in [-0.3, -0.25) is 0 Å². The Balaban J connectivity index is 2.43. The Morgan fingerprint density at radius 2 is 2.08 bits per heavy atom. The van der Waals surface area contributed by atoms with Gasteiger partial charge in [-0.05, 0) is 12.5 Å². The molecular formula is C9H17NO2. The van der Waals surface area contributed by atoms with Gasteiger partial charge in [0.1, 0.15) is 0 Å². The Kier molecular flexibility index (Phi) is 3.72. The minimum atomic E-state index is -0.616. The van der Waals surface area contributed by atoms with Crippen molar-refractivity contribution in [3.63, 3.8) is 0 Å². The number of unbranched alkanes of at least 4 members (excludes halogenated alkanes) is 1. The molecule has 0 aromatic carbocycles. The van der Waals surface area contributed by atoms with E-state index < -0.39 is 5.79 Å². The van der Waals surface area contributed by atoms with Crippen LogP contribution in [0.3, 0.4) is 0 Å². The van der Waals surface area contributed by atoms with Crippen molar-refractivity contribution in [1.82, 2.24) is 0 Å². The quantitative estimate of drug-likeness (QED) is 0.643. The van der Waals surface area contributed by atoms with Crippen LogP contribution in [0.15, 0.2) is 12.2 Å². The fourth-order valence-corrected chi connectivity index (χ4v) is 1.18. The van der Waals surface area contributed by atoms with Gasteiger partial charge in [0.15, 0.2) is 0 Å². The summed E-state index contributed by atoms with van der Waals surface area (Å²) in [6, 6.07) is 0. The maximum atomic E-state index is 5.55. The third-order valence-corrected chi connectivity index (χ3v) is 1.89. The molecule has 0 aliphatic carbocycles. The normalized spacial score (nSPS) is 22.2. The highest BCUT2D eigenvalue weighted by Crippen LogP contribution is 2.19. The predicted molar refractivity (Wildman–Crippen MR) is 47.7 cm³/mol. The third kappa shape index (κ3) is 2.30. The average molecular weight is 171 g/mol. The van der Waals surface area contributed by atoms with E-state index in [1.54, 1.807) is 0 Å². The molecule has 0 atom stereocenters. The number of nitrogens with two attached hydrogens (primary N) is 1. The maximum absolute atomic E-state index is 5.55. The molecule has 0 spiro atoms. The van der Waals surface area contributed by atoms with Gasteiger partial charge in [-0.2, -0.15) is 0 Å². The molecule has 0 bridgehead atoms. The van der Waals surface area contributed by atoms with Gasteiger partial charge in [-0.15, -0.1) is 0 Å². The lowest BCUT2D eigenvalue weighted by molar-refractivity contribution is -0.107. The highest BCUT2D eigenvalue weighted by molar-refractivity contribution is 4.98. The summed E-state index contributed by atoms with van der Waals surface area (Å²) in [4.78, 5) is 0. The van der Waals surface area contributed by atoms with Gasteiger partial charge in [0.2, 0.25) is 5.79 Å². The molecule has 0 saturated carbocycles. The van der Waals surface area contributed by atoms with Crippen LogP contribution in [-0.2, 0) is 9.47 Å². The molecule has 0 aromatic heterocycles. The molecule has 12 heavy (non-hydrogen) atoms. The molecule has 1 fully saturated rings. The second kappa shape index (κ2) is 4.60. The third-order valence-electron chi connectivity index (χ3n) is 1.89. The molecule has 70 valence electrons. The number of allylic oxidation sites excluding steroid dienone is 1. The van der Waals surface area contributed by atoms with Crippen LogP contribution in [0, 0.1) is 0 Å². The van der Waals surface area contributed by atoms with Gasteiger partial charge in [0.25, 0.3) is 0 Å². The second-order valence-corrected chi connectivity index (χ2v) is 2.90. The van der Waals surface area contributed by atoms with E-state index >= 15 is 0 Å². The molecule has 1 saturated heterocycles. The van der Waals surface area contributed by atoms with Crippen LogP contribution < -0.4 is 5.73 Å². The van der Waals surface area contributed by atoms with E-state index in [4.69, 9.17) is 15.2 Å². The minimum Gasteiger partial charge on any atom is -0.343 e. The summed E-state index contributed by atoms with van der Waals surface area (Å²) in [5.74, 6) is -0.616. The Labute approximate surface area is 73.5 Å². The predicted octanol–water partition coefficient (Wildman–Crippen LogP) is 1.04. The smallest absolute Gasteiger partial charge is 0.200 e. The lowest BCUT2D eigenvalue weighted by Gasteiger charge is -2.20. The number of hydrogen-bond donors (Lipinski definition) is 1. The maximum Gasteiger partial charge on any atom is 0.200 e. The lowest BCUT2D eigenvalue weighted by atomic mass is 10.2. The van der Waals surface area contributed by atoms with E-state index in [0.717, 1.165) is 12.8 Å². The van der Waals surface area contributed by atoms with E-state index in [9.17, 15) is 0 Å². The van der Waals surface area contributed by atoms with Crippen LogP contribution >= 0.6 is 0 Å². The van der Waals surface area contributed by atoms with Gasteiger partial charge < -0.3 is 15.2 Å². The number of ether oxygens (including phenoxy) is 2. The molecule has 2 N–H and O–H groups in total. The SMILES string of the molecule is CCCC=CC1(CN)OCCO1. The standard InChI is InChI=1S/C9H17NO2/c1-2-3-4-5-9(8-10)11-6-7-12-9/h4-5H,2-3,6-8,10H2,1H3. The molecule has 1 rings (SSSR count). The molecule has 0 aromatic rings. The summed E-state index contributed by atoms with van der Waals surface area (Å²) in [5, 5.41) is 0. The Morgan fingerprint density at radius 1 is 1.42 bits per heavy atom. The molecule has 3 nitrogen and oxygen atoms in total. The van der Waals surface area contributed by atoms with E-state index in [1.807, 2.05) is 6.08 Å². The van der Waals surface area contributed by atoms with Crippen LogP contribution in [0.1, 0.15) is 19.8 Å². The van der Waals surface area contributed by atoms with Crippen LogP contribution in [0.5, 0.6) is 0 Å². The lowest BCUT2D eigenvalue weighted by Crippen LogP contribution is -2.36. The summed E-state index contributed by atoms with van der Waals surface area (Å²) >= 11 is 0. The van der Waals surface area contributed by atoms with Crippen LogP contribution in [-0.4, -0.2) is 25.5 Å². The average Bonchev–Trinajstić information content (AvgIpc) is 2.55. The summed E-state index contributed by atoms with van der Waals surface area (Å²) < 4.78 is 10.8. The molecule has 1 aliphatic rings. The first-order valence-corrected chi connectivity index (χ1v) is 4.48. The van der Waals surface area contributed by atoms with Crippen molar-refractivity contribution >= 4 is 0 Å².